The number of sulfonamides is 1. The lowest BCUT2D eigenvalue weighted by Gasteiger charge is -2.37. The molecule has 0 spiro atoms. The van der Waals surface area contributed by atoms with Crippen LogP contribution >= 0.6 is 0 Å². The summed E-state index contributed by atoms with van der Waals surface area (Å²) < 4.78 is 34.5. The molecule has 1 heterocycles. The van der Waals surface area contributed by atoms with Gasteiger partial charge in [-0.2, -0.15) is 4.31 Å². The van der Waals surface area contributed by atoms with E-state index in [0.29, 0.717) is 11.4 Å². The monoisotopic (exact) mass is 442 g/mol. The Hall–Kier alpha value is -3.61. The standard InChI is InChI=1S/C26H22N2O3S/c29-32(30)25-14-8-7-13-24(25)27-26(28(32)19-20-9-3-1-4-10-20)21-15-17-23(18-16-21)31-22-11-5-2-6-12-22/h1-18,26-27H,19H2/t26-/m1/s1. The van der Waals surface area contributed by atoms with Crippen molar-refractivity contribution in [3.63, 3.8) is 0 Å². The Kier molecular flexibility index (Phi) is 5.39. The molecule has 0 aliphatic carbocycles. The van der Waals surface area contributed by atoms with Gasteiger partial charge in [0.25, 0.3) is 0 Å². The van der Waals surface area contributed by atoms with Crippen LogP contribution in [0.15, 0.2) is 114 Å². The largest absolute Gasteiger partial charge is 0.457 e. The van der Waals surface area contributed by atoms with E-state index in [9.17, 15) is 8.42 Å². The summed E-state index contributed by atoms with van der Waals surface area (Å²) in [6, 6.07) is 33.7. The van der Waals surface area contributed by atoms with Crippen LogP contribution < -0.4 is 10.1 Å². The van der Waals surface area contributed by atoms with Crippen molar-refractivity contribution in [2.24, 2.45) is 0 Å². The Morgan fingerprint density at radius 2 is 1.31 bits per heavy atom. The highest BCUT2D eigenvalue weighted by atomic mass is 32.2. The first-order valence-corrected chi connectivity index (χ1v) is 11.8. The van der Waals surface area contributed by atoms with Gasteiger partial charge in [-0.25, -0.2) is 8.42 Å². The Bertz CT molecular complexity index is 1310. The van der Waals surface area contributed by atoms with Crippen molar-refractivity contribution in [1.82, 2.24) is 4.31 Å². The first-order valence-electron chi connectivity index (χ1n) is 10.4. The van der Waals surface area contributed by atoms with E-state index < -0.39 is 16.2 Å². The summed E-state index contributed by atoms with van der Waals surface area (Å²) in [5.41, 5.74) is 2.36. The van der Waals surface area contributed by atoms with Gasteiger partial charge < -0.3 is 10.1 Å². The molecule has 160 valence electrons. The summed E-state index contributed by atoms with van der Waals surface area (Å²) >= 11 is 0. The fraction of sp³-hybridized carbons (Fsp3) is 0.0769. The lowest BCUT2D eigenvalue weighted by molar-refractivity contribution is 0.336. The smallest absolute Gasteiger partial charge is 0.247 e. The van der Waals surface area contributed by atoms with Crippen LogP contribution in [-0.4, -0.2) is 12.7 Å². The minimum Gasteiger partial charge on any atom is -0.457 e. The van der Waals surface area contributed by atoms with Crippen LogP contribution in [0.3, 0.4) is 0 Å². The van der Waals surface area contributed by atoms with E-state index in [-0.39, 0.29) is 11.4 Å². The maximum Gasteiger partial charge on any atom is 0.247 e. The summed E-state index contributed by atoms with van der Waals surface area (Å²) in [4.78, 5) is 0.288. The normalized spacial score (nSPS) is 17.2. The van der Waals surface area contributed by atoms with Gasteiger partial charge in [0, 0.05) is 6.54 Å². The molecular formula is C26H22N2O3S. The topological polar surface area (TPSA) is 58.6 Å². The first-order chi connectivity index (χ1) is 15.6. The molecule has 4 aromatic carbocycles. The molecule has 0 radical (unpaired) electrons. The highest BCUT2D eigenvalue weighted by molar-refractivity contribution is 7.89. The fourth-order valence-corrected chi connectivity index (χ4v) is 5.51. The molecule has 0 amide bonds. The molecule has 0 bridgehead atoms. The van der Waals surface area contributed by atoms with Gasteiger partial charge in [-0.3, -0.25) is 0 Å². The van der Waals surface area contributed by atoms with Crippen molar-refractivity contribution in [1.29, 1.82) is 0 Å². The van der Waals surface area contributed by atoms with Gasteiger partial charge in [-0.15, -0.1) is 0 Å². The molecule has 0 aromatic heterocycles. The summed E-state index contributed by atoms with van der Waals surface area (Å²) in [5, 5.41) is 3.41. The zero-order valence-electron chi connectivity index (χ0n) is 17.3. The van der Waals surface area contributed by atoms with Crippen molar-refractivity contribution in [3.8, 4) is 11.5 Å². The van der Waals surface area contributed by atoms with Crippen LogP contribution in [-0.2, 0) is 16.6 Å². The average Bonchev–Trinajstić information content (AvgIpc) is 2.83. The molecule has 1 atom stereocenters. The average molecular weight is 443 g/mol. The van der Waals surface area contributed by atoms with E-state index in [2.05, 4.69) is 5.32 Å². The number of nitrogens with one attached hydrogen (secondary N) is 1. The molecule has 1 aliphatic rings. The van der Waals surface area contributed by atoms with E-state index in [1.54, 1.807) is 18.2 Å². The lowest BCUT2D eigenvalue weighted by atomic mass is 10.1. The van der Waals surface area contributed by atoms with Crippen LogP contribution in [0.25, 0.3) is 0 Å². The van der Waals surface area contributed by atoms with Crippen LogP contribution in [0.2, 0.25) is 0 Å². The Morgan fingerprint density at radius 1 is 0.719 bits per heavy atom. The number of nitrogens with zero attached hydrogens (tertiary/aromatic N) is 1. The van der Waals surface area contributed by atoms with E-state index in [0.717, 1.165) is 16.9 Å². The van der Waals surface area contributed by atoms with Crippen LogP contribution in [0, 0.1) is 0 Å². The number of hydrogen-bond acceptors (Lipinski definition) is 4. The molecule has 4 aromatic rings. The van der Waals surface area contributed by atoms with E-state index in [1.165, 1.54) is 4.31 Å². The maximum atomic E-state index is 13.6. The maximum absolute atomic E-state index is 13.6. The number of para-hydroxylation sites is 2. The summed E-state index contributed by atoms with van der Waals surface area (Å²) in [7, 11) is -3.70. The van der Waals surface area contributed by atoms with E-state index >= 15 is 0 Å². The molecule has 6 heteroatoms. The third-order valence-electron chi connectivity index (χ3n) is 5.41. The van der Waals surface area contributed by atoms with Gasteiger partial charge in [0.15, 0.2) is 0 Å². The van der Waals surface area contributed by atoms with Gasteiger partial charge in [0.05, 0.1) is 5.69 Å². The third-order valence-corrected chi connectivity index (χ3v) is 7.28. The number of ether oxygens (including phenoxy) is 1. The van der Waals surface area contributed by atoms with Gasteiger partial charge in [-0.1, -0.05) is 72.8 Å². The Morgan fingerprint density at radius 3 is 2.03 bits per heavy atom. The number of rotatable bonds is 5. The van der Waals surface area contributed by atoms with Gasteiger partial charge in [0.2, 0.25) is 10.0 Å². The second-order valence-corrected chi connectivity index (χ2v) is 9.42. The van der Waals surface area contributed by atoms with Gasteiger partial charge >= 0.3 is 0 Å². The van der Waals surface area contributed by atoms with Gasteiger partial charge in [-0.05, 0) is 47.5 Å². The van der Waals surface area contributed by atoms with Crippen LogP contribution in [0.5, 0.6) is 11.5 Å². The minimum absolute atomic E-state index is 0.261. The van der Waals surface area contributed by atoms with E-state index in [1.807, 2.05) is 91.0 Å². The Balaban J connectivity index is 1.50. The predicted octanol–water partition coefficient (Wildman–Crippen LogP) is 5.79. The fourth-order valence-electron chi connectivity index (χ4n) is 3.83. The quantitative estimate of drug-likeness (QED) is 0.425. The van der Waals surface area contributed by atoms with Crippen molar-refractivity contribution in [3.05, 3.63) is 120 Å². The number of fused-ring (bicyclic) bond motifs is 1. The number of hydrogen-bond donors (Lipinski definition) is 1. The number of anilines is 1. The highest BCUT2D eigenvalue weighted by Crippen LogP contribution is 2.39. The second kappa shape index (κ2) is 8.49. The third kappa shape index (κ3) is 3.98. The molecule has 0 unspecified atom stereocenters. The molecule has 0 saturated carbocycles. The lowest BCUT2D eigenvalue weighted by Crippen LogP contribution is -2.42. The molecule has 0 fully saturated rings. The molecule has 1 N–H and O–H groups in total. The SMILES string of the molecule is O=S1(=O)c2ccccc2N[C@@H](c2ccc(Oc3ccccc3)cc2)N1Cc1ccccc1. The van der Waals surface area contributed by atoms with Crippen LogP contribution in [0.1, 0.15) is 17.3 Å². The molecule has 1 aliphatic heterocycles. The summed E-state index contributed by atoms with van der Waals surface area (Å²) in [5.74, 6) is 1.44. The summed E-state index contributed by atoms with van der Waals surface area (Å²) in [6.45, 7) is 0.261. The molecule has 0 saturated heterocycles. The first kappa shape index (κ1) is 20.3. The second-order valence-electron chi connectivity index (χ2n) is 7.56. The number of benzene rings is 4. The van der Waals surface area contributed by atoms with Gasteiger partial charge in [0.1, 0.15) is 22.6 Å². The molecule has 5 nitrogen and oxygen atoms in total. The molecule has 5 rings (SSSR count). The van der Waals surface area contributed by atoms with Crippen molar-refractivity contribution in [2.45, 2.75) is 17.6 Å². The van der Waals surface area contributed by atoms with Crippen LogP contribution in [0.4, 0.5) is 5.69 Å². The predicted molar refractivity (Wildman–Crippen MR) is 125 cm³/mol. The summed E-state index contributed by atoms with van der Waals surface area (Å²) in [6.07, 6.45) is -0.541. The minimum atomic E-state index is -3.70. The van der Waals surface area contributed by atoms with Crippen molar-refractivity contribution < 1.29 is 13.2 Å². The molecular weight excluding hydrogens is 420 g/mol. The van der Waals surface area contributed by atoms with Crippen molar-refractivity contribution >= 4 is 15.7 Å². The molecule has 32 heavy (non-hydrogen) atoms. The zero-order valence-corrected chi connectivity index (χ0v) is 18.1. The zero-order chi connectivity index (χ0) is 22.0. The van der Waals surface area contributed by atoms with E-state index in [4.69, 9.17) is 4.74 Å². The Labute approximate surface area is 188 Å². The highest BCUT2D eigenvalue weighted by Gasteiger charge is 2.38. The van der Waals surface area contributed by atoms with Crippen molar-refractivity contribution in [2.75, 3.05) is 5.32 Å².